The van der Waals surface area contributed by atoms with Gasteiger partial charge < -0.3 is 14.6 Å². The predicted molar refractivity (Wildman–Crippen MR) is 64.5 cm³/mol. The summed E-state index contributed by atoms with van der Waals surface area (Å²) in [6.07, 6.45) is 7.04. The fourth-order valence-corrected chi connectivity index (χ4v) is 1.90. The Morgan fingerprint density at radius 2 is 2.41 bits per heavy atom. The van der Waals surface area contributed by atoms with Crippen LogP contribution in [0.25, 0.3) is 0 Å². The van der Waals surface area contributed by atoms with Crippen LogP contribution >= 0.6 is 0 Å². The largest absolute Gasteiger partial charge is 0.469 e. The quantitative estimate of drug-likeness (QED) is 0.566. The molecule has 0 aliphatic carbocycles. The van der Waals surface area contributed by atoms with Gasteiger partial charge in [-0.2, -0.15) is 0 Å². The van der Waals surface area contributed by atoms with E-state index in [1.54, 1.807) is 18.2 Å². The predicted octanol–water partition coefficient (Wildman–Crippen LogP) is 1.59. The highest BCUT2D eigenvalue weighted by Crippen LogP contribution is 2.25. The molecule has 1 saturated heterocycles. The highest BCUT2D eigenvalue weighted by molar-refractivity contribution is 5.68. The average molecular weight is 240 g/mol. The van der Waals surface area contributed by atoms with Gasteiger partial charge in [0, 0.05) is 12.8 Å². The monoisotopic (exact) mass is 240 g/mol. The van der Waals surface area contributed by atoms with E-state index in [2.05, 4.69) is 11.3 Å². The van der Waals surface area contributed by atoms with Gasteiger partial charge in [0.15, 0.2) is 0 Å². The Kier molecular flexibility index (Phi) is 5.94. The van der Waals surface area contributed by atoms with Crippen LogP contribution in [0.2, 0.25) is 0 Å². The number of carbonyl (C=O) groups excluding carboxylic acids is 1. The molecule has 4 heteroatoms. The van der Waals surface area contributed by atoms with E-state index in [1.165, 1.54) is 7.11 Å². The molecule has 4 nitrogen and oxygen atoms in total. The Morgan fingerprint density at radius 1 is 1.65 bits per heavy atom. The van der Waals surface area contributed by atoms with Crippen LogP contribution in [0, 0.1) is 0 Å². The van der Waals surface area contributed by atoms with Gasteiger partial charge in [-0.15, -0.1) is 0 Å². The molecule has 0 amide bonds. The molecule has 1 aliphatic heterocycles. The number of esters is 1. The SMILES string of the molecule is C=C/C=C/[C@@H]1O[C@@H](CCCC(=O)OC)C[C@H]1O. The summed E-state index contributed by atoms with van der Waals surface area (Å²) < 4.78 is 10.2. The van der Waals surface area contributed by atoms with Crippen molar-refractivity contribution in [3.05, 3.63) is 24.8 Å². The first kappa shape index (κ1) is 13.9. The van der Waals surface area contributed by atoms with E-state index < -0.39 is 6.10 Å². The van der Waals surface area contributed by atoms with Gasteiger partial charge >= 0.3 is 5.97 Å². The van der Waals surface area contributed by atoms with E-state index in [1.807, 2.05) is 0 Å². The maximum absolute atomic E-state index is 10.9. The molecule has 1 aliphatic rings. The number of hydrogen-bond donors (Lipinski definition) is 1. The number of rotatable bonds is 6. The third kappa shape index (κ3) is 4.71. The molecule has 0 aromatic heterocycles. The molecule has 0 aromatic rings. The van der Waals surface area contributed by atoms with E-state index in [0.717, 1.165) is 12.8 Å². The van der Waals surface area contributed by atoms with Crippen molar-refractivity contribution in [2.45, 2.75) is 44.0 Å². The third-order valence-corrected chi connectivity index (χ3v) is 2.80. The minimum absolute atomic E-state index is 0.0223. The molecule has 3 atom stereocenters. The van der Waals surface area contributed by atoms with Crippen LogP contribution in [0.3, 0.4) is 0 Å². The number of methoxy groups -OCH3 is 1. The second-order valence-electron chi connectivity index (χ2n) is 4.11. The zero-order valence-electron chi connectivity index (χ0n) is 10.2. The van der Waals surface area contributed by atoms with Gasteiger partial charge in [0.2, 0.25) is 0 Å². The summed E-state index contributed by atoms with van der Waals surface area (Å²) in [5, 5.41) is 9.74. The molecule has 96 valence electrons. The fraction of sp³-hybridized carbons (Fsp3) is 0.615. The van der Waals surface area contributed by atoms with E-state index >= 15 is 0 Å². The van der Waals surface area contributed by atoms with Crippen molar-refractivity contribution in [3.63, 3.8) is 0 Å². The molecule has 0 aromatic carbocycles. The molecule has 0 bridgehead atoms. The Morgan fingerprint density at radius 3 is 3.06 bits per heavy atom. The zero-order valence-corrected chi connectivity index (χ0v) is 10.2. The van der Waals surface area contributed by atoms with Gasteiger partial charge in [-0.05, 0) is 12.8 Å². The van der Waals surface area contributed by atoms with Gasteiger partial charge in [-0.3, -0.25) is 4.79 Å². The number of allylic oxidation sites excluding steroid dienone is 2. The maximum Gasteiger partial charge on any atom is 0.305 e. The first-order valence-electron chi connectivity index (χ1n) is 5.87. The van der Waals surface area contributed by atoms with E-state index in [9.17, 15) is 9.90 Å². The Bertz CT molecular complexity index is 285. The summed E-state index contributed by atoms with van der Waals surface area (Å²) in [6.45, 7) is 3.57. The molecule has 0 saturated carbocycles. The number of ether oxygens (including phenoxy) is 2. The fourth-order valence-electron chi connectivity index (χ4n) is 1.90. The van der Waals surface area contributed by atoms with Crippen LogP contribution in [-0.2, 0) is 14.3 Å². The van der Waals surface area contributed by atoms with Crippen molar-refractivity contribution in [2.75, 3.05) is 7.11 Å². The number of aliphatic hydroxyl groups is 1. The lowest BCUT2D eigenvalue weighted by molar-refractivity contribution is -0.140. The molecule has 0 spiro atoms. The lowest BCUT2D eigenvalue weighted by atomic mass is 10.1. The summed E-state index contributed by atoms with van der Waals surface area (Å²) in [4.78, 5) is 10.9. The van der Waals surface area contributed by atoms with E-state index in [-0.39, 0.29) is 18.2 Å². The molecule has 17 heavy (non-hydrogen) atoms. The first-order valence-corrected chi connectivity index (χ1v) is 5.87. The molecule has 0 unspecified atom stereocenters. The van der Waals surface area contributed by atoms with Crippen LogP contribution in [0.1, 0.15) is 25.7 Å². The molecular weight excluding hydrogens is 220 g/mol. The summed E-state index contributed by atoms with van der Waals surface area (Å²) >= 11 is 0. The van der Waals surface area contributed by atoms with E-state index in [4.69, 9.17) is 4.74 Å². The average Bonchev–Trinajstić information content (AvgIpc) is 2.67. The number of hydrogen-bond acceptors (Lipinski definition) is 4. The normalized spacial score (nSPS) is 28.5. The van der Waals surface area contributed by atoms with Crippen molar-refractivity contribution < 1.29 is 19.4 Å². The van der Waals surface area contributed by atoms with Gasteiger partial charge in [0.25, 0.3) is 0 Å². The molecule has 1 heterocycles. The van der Waals surface area contributed by atoms with Gasteiger partial charge in [-0.1, -0.05) is 24.8 Å². The summed E-state index contributed by atoms with van der Waals surface area (Å²) in [7, 11) is 1.38. The van der Waals surface area contributed by atoms with Crippen molar-refractivity contribution in [2.24, 2.45) is 0 Å². The topological polar surface area (TPSA) is 55.8 Å². The van der Waals surface area contributed by atoms with Gasteiger partial charge in [0.1, 0.15) is 6.10 Å². The van der Waals surface area contributed by atoms with Crippen LogP contribution in [0.5, 0.6) is 0 Å². The van der Waals surface area contributed by atoms with Crippen LogP contribution in [0.15, 0.2) is 24.8 Å². The van der Waals surface area contributed by atoms with Crippen molar-refractivity contribution in [3.8, 4) is 0 Å². The van der Waals surface area contributed by atoms with Crippen molar-refractivity contribution >= 4 is 5.97 Å². The Hall–Kier alpha value is -1.13. The number of carbonyl (C=O) groups is 1. The second kappa shape index (κ2) is 7.25. The molecular formula is C13H20O4. The summed E-state index contributed by atoms with van der Waals surface area (Å²) in [5.74, 6) is -0.202. The minimum atomic E-state index is -0.464. The molecule has 0 radical (unpaired) electrons. The standard InChI is InChI=1S/C13H20O4/c1-3-4-7-12-11(14)9-10(17-12)6-5-8-13(15)16-2/h3-4,7,10-12,14H,1,5-6,8-9H2,2H3/b7-4+/t10-,11+,12-/m0/s1. The van der Waals surface area contributed by atoms with Crippen LogP contribution in [0.4, 0.5) is 0 Å². The highest BCUT2D eigenvalue weighted by Gasteiger charge is 2.31. The third-order valence-electron chi connectivity index (χ3n) is 2.80. The molecule has 1 rings (SSSR count). The minimum Gasteiger partial charge on any atom is -0.469 e. The first-order chi connectivity index (χ1) is 8.17. The maximum atomic E-state index is 10.9. The summed E-state index contributed by atoms with van der Waals surface area (Å²) in [5.41, 5.74) is 0. The van der Waals surface area contributed by atoms with Gasteiger partial charge in [-0.25, -0.2) is 0 Å². The Labute approximate surface area is 102 Å². The van der Waals surface area contributed by atoms with E-state index in [0.29, 0.717) is 12.8 Å². The van der Waals surface area contributed by atoms with Crippen LogP contribution < -0.4 is 0 Å². The molecule has 1 N–H and O–H groups in total. The number of aliphatic hydroxyl groups excluding tert-OH is 1. The Balaban J connectivity index is 2.26. The second-order valence-corrected chi connectivity index (χ2v) is 4.11. The van der Waals surface area contributed by atoms with Gasteiger partial charge in [0.05, 0.1) is 19.3 Å². The van der Waals surface area contributed by atoms with Crippen LogP contribution in [-0.4, -0.2) is 36.5 Å². The highest BCUT2D eigenvalue weighted by atomic mass is 16.5. The van der Waals surface area contributed by atoms with Crippen molar-refractivity contribution in [1.29, 1.82) is 0 Å². The smallest absolute Gasteiger partial charge is 0.305 e. The lowest BCUT2D eigenvalue weighted by Crippen LogP contribution is -2.17. The summed E-state index contributed by atoms with van der Waals surface area (Å²) in [6, 6.07) is 0. The lowest BCUT2D eigenvalue weighted by Gasteiger charge is -2.10. The van der Waals surface area contributed by atoms with Crippen molar-refractivity contribution in [1.82, 2.24) is 0 Å². The molecule has 1 fully saturated rings. The zero-order chi connectivity index (χ0) is 12.7.